The van der Waals surface area contributed by atoms with Crippen LogP contribution in [0.2, 0.25) is 0 Å². The quantitative estimate of drug-likeness (QED) is 0.507. The van der Waals surface area contributed by atoms with Crippen LogP contribution in [0, 0.1) is 0 Å². The van der Waals surface area contributed by atoms with Crippen LogP contribution < -0.4 is 0 Å². The van der Waals surface area contributed by atoms with Gasteiger partial charge in [-0.3, -0.25) is 4.99 Å². The van der Waals surface area contributed by atoms with Crippen molar-refractivity contribution in [1.82, 2.24) is 0 Å². The van der Waals surface area contributed by atoms with Crippen molar-refractivity contribution in [3.8, 4) is 0 Å². The van der Waals surface area contributed by atoms with Crippen molar-refractivity contribution in [2.45, 2.75) is 38.2 Å². The maximum atomic E-state index is 13.5. The third-order valence-electron chi connectivity index (χ3n) is 2.56. The van der Waals surface area contributed by atoms with E-state index in [0.717, 1.165) is 13.8 Å². The summed E-state index contributed by atoms with van der Waals surface area (Å²) < 4.78 is 52.7. The Morgan fingerprint density at radius 2 is 1.68 bits per heavy atom. The standard InChI is InChI=1S/C14H15F4NO2.K.H/c1-13(2,15)8-10(12(20)21)19-11(14(16,17)18)9-6-4-3-5-7-9;;/h3-7,10H,8H2,1-2H3,(H,20,21);;/b19-11-;;/t10-;;/m0../s1. The Morgan fingerprint density at radius 1 is 1.18 bits per heavy atom. The molecule has 8 heteroatoms. The molecule has 1 rings (SSSR count). The molecule has 0 amide bonds. The number of benzene rings is 1. The fraction of sp³-hybridized carbons (Fsp3) is 0.429. The number of rotatable bonds is 5. The van der Waals surface area contributed by atoms with E-state index in [2.05, 4.69) is 4.99 Å². The monoisotopic (exact) mass is 345 g/mol. The molecule has 1 atom stereocenters. The molecule has 0 bridgehead atoms. The Hall–Kier alpha value is -0.284. The summed E-state index contributed by atoms with van der Waals surface area (Å²) in [6.45, 7) is 2.18. The van der Waals surface area contributed by atoms with Crippen LogP contribution in [-0.2, 0) is 4.79 Å². The zero-order chi connectivity index (χ0) is 16.3. The number of alkyl halides is 4. The van der Waals surface area contributed by atoms with E-state index in [1.54, 1.807) is 0 Å². The first-order valence-electron chi connectivity index (χ1n) is 6.13. The van der Waals surface area contributed by atoms with Gasteiger partial charge < -0.3 is 5.11 Å². The first-order chi connectivity index (χ1) is 9.50. The molecule has 0 aromatic heterocycles. The van der Waals surface area contributed by atoms with Crippen LogP contribution in [0.1, 0.15) is 25.8 Å². The average Bonchev–Trinajstić information content (AvgIpc) is 2.32. The van der Waals surface area contributed by atoms with Gasteiger partial charge in [-0.25, -0.2) is 9.18 Å². The van der Waals surface area contributed by atoms with Gasteiger partial charge in [-0.2, -0.15) is 13.2 Å². The molecule has 1 aromatic carbocycles. The molecule has 0 fully saturated rings. The number of carboxylic acid groups (broad SMARTS) is 1. The summed E-state index contributed by atoms with van der Waals surface area (Å²) in [6, 6.07) is 4.83. The predicted molar refractivity (Wildman–Crippen MR) is 77.4 cm³/mol. The number of aliphatic imine (C=N–C) groups is 1. The van der Waals surface area contributed by atoms with Crippen molar-refractivity contribution in [1.29, 1.82) is 0 Å². The SMILES string of the molecule is CC(C)(F)C[C@H](/N=C(/c1ccccc1)C(F)(F)F)C(=O)O.[KH]. The molecule has 118 valence electrons. The van der Waals surface area contributed by atoms with Crippen molar-refractivity contribution in [2.24, 2.45) is 4.99 Å². The van der Waals surface area contributed by atoms with Crippen molar-refractivity contribution in [3.63, 3.8) is 0 Å². The number of hydrogen-bond acceptors (Lipinski definition) is 2. The van der Waals surface area contributed by atoms with Crippen LogP contribution in [0.3, 0.4) is 0 Å². The van der Waals surface area contributed by atoms with Gasteiger partial charge in [-0.05, 0) is 13.8 Å². The van der Waals surface area contributed by atoms with E-state index in [4.69, 9.17) is 5.11 Å². The Bertz CT molecular complexity index is 524. The molecular formula is C14H16F4KNO2. The molecule has 0 aliphatic carbocycles. The average molecular weight is 345 g/mol. The molecule has 0 saturated carbocycles. The van der Waals surface area contributed by atoms with Crippen molar-refractivity contribution < 1.29 is 27.5 Å². The van der Waals surface area contributed by atoms with E-state index in [0.29, 0.717) is 0 Å². The zero-order valence-corrected chi connectivity index (χ0v) is 11.5. The number of hydrogen-bond donors (Lipinski definition) is 1. The summed E-state index contributed by atoms with van der Waals surface area (Å²) in [6.07, 6.45) is -5.47. The van der Waals surface area contributed by atoms with E-state index in [9.17, 15) is 22.4 Å². The second-order valence-corrected chi connectivity index (χ2v) is 5.12. The zero-order valence-electron chi connectivity index (χ0n) is 11.5. The molecule has 0 saturated heterocycles. The first kappa shape index (κ1) is 21.7. The molecule has 1 aromatic rings. The third-order valence-corrected chi connectivity index (χ3v) is 2.56. The van der Waals surface area contributed by atoms with Crippen LogP contribution in [-0.4, -0.2) is 86.1 Å². The van der Waals surface area contributed by atoms with Crippen LogP contribution >= 0.6 is 0 Å². The van der Waals surface area contributed by atoms with Crippen molar-refractivity contribution in [2.75, 3.05) is 0 Å². The second-order valence-electron chi connectivity index (χ2n) is 5.12. The minimum atomic E-state index is -4.82. The third kappa shape index (κ3) is 7.32. The van der Waals surface area contributed by atoms with Gasteiger partial charge in [-0.15, -0.1) is 0 Å². The van der Waals surface area contributed by atoms with E-state index < -0.39 is 36.0 Å². The molecule has 0 heterocycles. The topological polar surface area (TPSA) is 49.7 Å². The molecule has 0 unspecified atom stereocenters. The van der Waals surface area contributed by atoms with Gasteiger partial charge in [0.2, 0.25) is 0 Å². The Morgan fingerprint density at radius 3 is 2.05 bits per heavy atom. The van der Waals surface area contributed by atoms with Gasteiger partial charge in [0.1, 0.15) is 11.4 Å². The van der Waals surface area contributed by atoms with E-state index in [-0.39, 0.29) is 56.9 Å². The molecule has 0 aliphatic rings. The van der Waals surface area contributed by atoms with Crippen LogP contribution in [0.4, 0.5) is 17.6 Å². The van der Waals surface area contributed by atoms with Gasteiger partial charge in [-0.1, -0.05) is 30.3 Å². The Balaban J connectivity index is 0.00000441. The number of carboxylic acids is 1. The predicted octanol–water partition coefficient (Wildman–Crippen LogP) is 2.98. The molecule has 0 spiro atoms. The molecule has 1 N–H and O–H groups in total. The Labute approximate surface area is 168 Å². The minimum absolute atomic E-state index is 0. The first-order valence-corrected chi connectivity index (χ1v) is 6.13. The summed E-state index contributed by atoms with van der Waals surface area (Å²) in [5, 5.41) is 8.96. The number of nitrogens with zero attached hydrogens (tertiary/aromatic N) is 1. The molecule has 0 radical (unpaired) electrons. The van der Waals surface area contributed by atoms with Gasteiger partial charge in [0.15, 0.2) is 6.04 Å². The van der Waals surface area contributed by atoms with E-state index >= 15 is 0 Å². The van der Waals surface area contributed by atoms with Gasteiger partial charge in [0, 0.05) is 12.0 Å². The van der Waals surface area contributed by atoms with Gasteiger partial charge in [0.25, 0.3) is 0 Å². The van der Waals surface area contributed by atoms with Crippen LogP contribution in [0.15, 0.2) is 35.3 Å². The van der Waals surface area contributed by atoms with E-state index in [1.165, 1.54) is 30.3 Å². The van der Waals surface area contributed by atoms with Gasteiger partial charge >= 0.3 is 63.5 Å². The fourth-order valence-corrected chi connectivity index (χ4v) is 1.71. The van der Waals surface area contributed by atoms with Crippen LogP contribution in [0.5, 0.6) is 0 Å². The molecule has 0 aliphatic heterocycles. The van der Waals surface area contributed by atoms with Crippen molar-refractivity contribution in [3.05, 3.63) is 35.9 Å². The summed E-state index contributed by atoms with van der Waals surface area (Å²) in [4.78, 5) is 14.3. The summed E-state index contributed by atoms with van der Waals surface area (Å²) in [7, 11) is 0. The summed E-state index contributed by atoms with van der Waals surface area (Å²) >= 11 is 0. The Kier molecular flexibility index (Phi) is 8.43. The number of carbonyl (C=O) groups is 1. The summed E-state index contributed by atoms with van der Waals surface area (Å²) in [5.74, 6) is -1.60. The number of aliphatic carboxylic acids is 1. The molecule has 3 nitrogen and oxygen atoms in total. The molecular weight excluding hydrogens is 329 g/mol. The fourth-order valence-electron chi connectivity index (χ4n) is 1.71. The maximum absolute atomic E-state index is 13.5. The summed E-state index contributed by atoms with van der Waals surface area (Å²) in [5.41, 5.74) is -3.52. The van der Waals surface area contributed by atoms with Crippen molar-refractivity contribution >= 4 is 63.1 Å². The van der Waals surface area contributed by atoms with Gasteiger partial charge in [0.05, 0.1) is 0 Å². The normalized spacial score (nSPS) is 14.2. The molecule has 22 heavy (non-hydrogen) atoms. The van der Waals surface area contributed by atoms with E-state index in [1.807, 2.05) is 0 Å². The van der Waals surface area contributed by atoms with Crippen LogP contribution in [0.25, 0.3) is 0 Å². The number of halogens is 4. The second kappa shape index (κ2) is 8.54.